The number of hydrogen-bond acceptors (Lipinski definition) is 6. The quantitative estimate of drug-likeness (QED) is 0.142. The highest BCUT2D eigenvalue weighted by atomic mass is 16.3. The summed E-state index contributed by atoms with van der Waals surface area (Å²) in [5.41, 5.74) is 29.0. The molecule has 12 nitrogen and oxygen atoms in total. The maximum absolute atomic E-state index is 6.72. The maximum atomic E-state index is 6.72. The van der Waals surface area contributed by atoms with Crippen LogP contribution in [0.2, 0.25) is 0 Å². The minimum Gasteiger partial charge on any atom is -0.455 e. The van der Waals surface area contributed by atoms with Crippen molar-refractivity contribution in [2.24, 2.45) is 0 Å². The molecule has 143 heavy (non-hydrogen) atoms. The molecule has 0 N–H and O–H groups in total. The van der Waals surface area contributed by atoms with Crippen molar-refractivity contribution in [2.45, 2.75) is 0 Å². The number of para-hydroxylation sites is 10. The number of aromatic nitrogens is 9. The third-order valence-electron chi connectivity index (χ3n) is 29.3. The summed E-state index contributed by atoms with van der Waals surface area (Å²) in [4.78, 5) is 15.8. The summed E-state index contributed by atoms with van der Waals surface area (Å²) >= 11 is 0. The lowest BCUT2D eigenvalue weighted by atomic mass is 10.1. The fourth-order valence-corrected chi connectivity index (χ4v) is 23.2. The third kappa shape index (κ3) is 12.2. The lowest BCUT2D eigenvalue weighted by Crippen LogP contribution is -2.06. The van der Waals surface area contributed by atoms with Crippen molar-refractivity contribution in [3.8, 4) is 68.3 Å². The first-order chi connectivity index (χ1) is 71.0. The van der Waals surface area contributed by atoms with Crippen LogP contribution < -0.4 is 0 Å². The van der Waals surface area contributed by atoms with Crippen molar-refractivity contribution in [2.75, 3.05) is 0 Å². The van der Waals surface area contributed by atoms with E-state index in [1.54, 1.807) is 0 Å². The van der Waals surface area contributed by atoms with Gasteiger partial charge in [-0.05, 0) is 215 Å². The summed E-state index contributed by atoms with van der Waals surface area (Å²) < 4.78 is 34.2. The number of benzene rings is 22. The number of rotatable bonds is 9. The molecule has 10 aromatic heterocycles. The predicted molar refractivity (Wildman–Crippen MR) is 592 cm³/mol. The van der Waals surface area contributed by atoms with Gasteiger partial charge in [0.15, 0.2) is 11.6 Å². The summed E-state index contributed by atoms with van der Waals surface area (Å²) in [5.74, 6) is 1.78. The monoisotopic (exact) mass is 1830 g/mol. The van der Waals surface area contributed by atoms with Gasteiger partial charge in [-0.25, -0.2) is 4.98 Å². The van der Waals surface area contributed by atoms with E-state index in [0.29, 0.717) is 17.6 Å². The molecule has 12 heteroatoms. The van der Waals surface area contributed by atoms with Crippen molar-refractivity contribution < 1.29 is 13.3 Å². The molecule has 0 unspecified atom stereocenters. The first-order valence-electron chi connectivity index (χ1n) is 48.5. The number of nitrogens with zero attached hydrogens (tertiary/aromatic N) is 9. The zero-order chi connectivity index (χ0) is 93.6. The molecule has 0 aliphatic heterocycles. The molecule has 0 spiro atoms. The second-order valence-corrected chi connectivity index (χ2v) is 37.1. The Morgan fingerprint density at radius 2 is 0.420 bits per heavy atom. The van der Waals surface area contributed by atoms with Gasteiger partial charge in [-0.3, -0.25) is 4.57 Å². The van der Waals surface area contributed by atoms with E-state index in [0.717, 1.165) is 182 Å². The molecule has 10 heterocycles. The zero-order valence-corrected chi connectivity index (χ0v) is 76.9. The third-order valence-corrected chi connectivity index (χ3v) is 29.3. The van der Waals surface area contributed by atoms with Gasteiger partial charge in [-0.2, -0.15) is 9.97 Å². The lowest BCUT2D eigenvalue weighted by molar-refractivity contribution is 0.672. The molecule has 0 bridgehead atoms. The second kappa shape index (κ2) is 31.6. The molecule has 666 valence electrons. The first kappa shape index (κ1) is 79.8. The zero-order valence-electron chi connectivity index (χ0n) is 76.9. The average molecular weight is 1830 g/mol. The Bertz CT molecular complexity index is 10800. The number of fused-ring (bicyclic) bond motifs is 35. The Kier molecular flexibility index (Phi) is 17.6. The Morgan fingerprint density at radius 1 is 0.154 bits per heavy atom. The van der Waals surface area contributed by atoms with E-state index in [9.17, 15) is 0 Å². The van der Waals surface area contributed by atoms with Crippen LogP contribution in [-0.2, 0) is 0 Å². The molecule has 0 saturated heterocycles. The molecule has 0 fully saturated rings. The predicted octanol–water partition coefficient (Wildman–Crippen LogP) is 34.8. The first-order valence-corrected chi connectivity index (χ1v) is 48.5. The van der Waals surface area contributed by atoms with E-state index in [1.165, 1.54) is 87.3 Å². The van der Waals surface area contributed by atoms with Crippen LogP contribution >= 0.6 is 0 Å². The molecule has 0 aliphatic carbocycles. The van der Waals surface area contributed by atoms with Crippen molar-refractivity contribution in [1.82, 2.24) is 42.4 Å². The summed E-state index contributed by atoms with van der Waals surface area (Å²) in [6, 6.07) is 170. The van der Waals surface area contributed by atoms with Crippen molar-refractivity contribution in [1.29, 1.82) is 0 Å². The van der Waals surface area contributed by atoms with Gasteiger partial charge in [0, 0.05) is 120 Å². The SMILES string of the molecule is c1ccc(-c2ccc(-n3c4ccccc4c4c3ccc3c5c6oc7ccccc7c6ccc5n(-c5ccccc5)c34)cc2)cc1.c1ccc(-n2c3ccc4c5ccccc5oc4c3c3ccc4c(c5ccccc5n4-c4nc(-c5ccc6ccccc6c5)nc(-c5ccc6ccccc6c5)n4)c32)cc1.c1ccc(-n2c3ccccc3c3c2ccc2c4c5oc6ccccc6c5ccc4n(-c4ccccc4)c23)cc1. The minimum atomic E-state index is 0.555. The highest BCUT2D eigenvalue weighted by Crippen LogP contribution is 2.51. The summed E-state index contributed by atoms with van der Waals surface area (Å²) in [6.07, 6.45) is 0. The molecule has 0 atom stereocenters. The van der Waals surface area contributed by atoms with Gasteiger partial charge in [-0.1, -0.05) is 297 Å². The summed E-state index contributed by atoms with van der Waals surface area (Å²) in [6.45, 7) is 0. The van der Waals surface area contributed by atoms with Crippen LogP contribution in [0.25, 0.3) is 286 Å². The normalized spacial score (nSPS) is 12.1. The van der Waals surface area contributed by atoms with Gasteiger partial charge in [-0.15, -0.1) is 0 Å². The molecule has 0 aliphatic rings. The fraction of sp³-hybridized carbons (Fsp3) is 0. The van der Waals surface area contributed by atoms with Crippen LogP contribution in [0.3, 0.4) is 0 Å². The van der Waals surface area contributed by atoms with Gasteiger partial charge in [0.2, 0.25) is 5.95 Å². The van der Waals surface area contributed by atoms with E-state index in [4.69, 9.17) is 28.2 Å². The second-order valence-electron chi connectivity index (χ2n) is 37.1. The highest BCUT2D eigenvalue weighted by Gasteiger charge is 2.30. The maximum Gasteiger partial charge on any atom is 0.238 e. The molecule has 0 saturated carbocycles. The van der Waals surface area contributed by atoms with Gasteiger partial charge in [0.25, 0.3) is 0 Å². The van der Waals surface area contributed by atoms with Crippen LogP contribution in [0.5, 0.6) is 0 Å². The Morgan fingerprint density at radius 3 is 0.790 bits per heavy atom. The smallest absolute Gasteiger partial charge is 0.238 e. The van der Waals surface area contributed by atoms with Gasteiger partial charge in [0.1, 0.15) is 33.5 Å². The molecule has 0 radical (unpaired) electrons. The highest BCUT2D eigenvalue weighted by molar-refractivity contribution is 6.35. The molecular weight excluding hydrogens is 1750 g/mol. The lowest BCUT2D eigenvalue weighted by Gasteiger charge is -2.12. The van der Waals surface area contributed by atoms with Crippen molar-refractivity contribution >= 4 is 218 Å². The molecule has 32 aromatic rings. The van der Waals surface area contributed by atoms with E-state index < -0.39 is 0 Å². The van der Waals surface area contributed by atoms with Crippen molar-refractivity contribution in [3.05, 3.63) is 479 Å². The molecule has 32 rings (SSSR count). The fourth-order valence-electron chi connectivity index (χ4n) is 23.2. The van der Waals surface area contributed by atoms with E-state index in [1.807, 2.05) is 18.2 Å². The topological polar surface area (TPSA) is 108 Å². The van der Waals surface area contributed by atoms with Gasteiger partial charge >= 0.3 is 0 Å². The molecule has 22 aromatic carbocycles. The van der Waals surface area contributed by atoms with Crippen LogP contribution in [-0.4, -0.2) is 42.4 Å². The van der Waals surface area contributed by atoms with E-state index in [2.05, 4.69) is 488 Å². The van der Waals surface area contributed by atoms with Gasteiger partial charge in [0.05, 0.1) is 82.4 Å². The Labute approximate surface area is 815 Å². The molecule has 0 amide bonds. The van der Waals surface area contributed by atoms with Crippen LogP contribution in [0.1, 0.15) is 0 Å². The average Bonchev–Trinajstić information content (AvgIpc) is 1.54. The minimum absolute atomic E-state index is 0.555. The van der Waals surface area contributed by atoms with Crippen LogP contribution in [0.4, 0.5) is 0 Å². The standard InChI is InChI=1S/C53H31N5O.C42H26N2O.C36H22N2O/c1-2-16-38(17-3-1)57-45-28-26-40-39-18-9-11-21-46(39)59-50(40)48(45)42-27-29-44-47(49(42)57)41-19-8-10-20-43(41)58(44)53-55-51(36-24-22-32-12-4-6-14-34(32)30-36)54-52(56-53)37-25-23-33-13-5-7-15-35(33)31-37;1-3-11-27(12-4-1)28-19-21-30(22-20-28)43-35-17-9-7-16-33(35)39-36(43)26-24-34-40-37(44(41(34)39)29-13-5-2-6-14-29)25-23-32-31-15-8-10-18-38(31)45-42(32)40;1-3-11-23(12-4-1)37-29-17-9-7-16-27(29)33-30(37)22-20-28-34-31(38(35(28)33)24-13-5-2-6-14-24)21-19-26-25-15-8-10-18-32(25)39-36(26)34/h1-31H;1-26H;1-22H. The van der Waals surface area contributed by atoms with Gasteiger partial charge < -0.3 is 36.1 Å². The Balaban J connectivity index is 0.000000103. The molecular formula is C131H79N9O3. The van der Waals surface area contributed by atoms with Crippen LogP contribution in [0.15, 0.2) is 492 Å². The number of hydrogen-bond donors (Lipinski definition) is 0. The van der Waals surface area contributed by atoms with E-state index >= 15 is 0 Å². The summed E-state index contributed by atoms with van der Waals surface area (Å²) in [5, 5.41) is 25.5. The van der Waals surface area contributed by atoms with E-state index in [-0.39, 0.29) is 0 Å². The summed E-state index contributed by atoms with van der Waals surface area (Å²) in [7, 11) is 0. The number of furan rings is 3. The largest absolute Gasteiger partial charge is 0.455 e. The Hall–Kier alpha value is -19.4. The van der Waals surface area contributed by atoms with Crippen LogP contribution in [0, 0.1) is 0 Å². The van der Waals surface area contributed by atoms with Crippen molar-refractivity contribution in [3.63, 3.8) is 0 Å².